The summed E-state index contributed by atoms with van der Waals surface area (Å²) >= 11 is 0. The minimum absolute atomic E-state index is 0.0643. The minimum Gasteiger partial charge on any atom is -0.481 e. The Morgan fingerprint density at radius 1 is 1.48 bits per heavy atom. The first-order valence-electron chi connectivity index (χ1n) is 6.14. The molecule has 0 saturated heterocycles. The van der Waals surface area contributed by atoms with Crippen molar-refractivity contribution in [2.45, 2.75) is 25.8 Å². The summed E-state index contributed by atoms with van der Waals surface area (Å²) in [5.41, 5.74) is 5.14. The molecule has 114 valence electrons. The van der Waals surface area contributed by atoms with Crippen LogP contribution in [0.1, 0.15) is 18.9 Å². The molecule has 0 aromatic heterocycles. The highest BCUT2D eigenvalue weighted by atomic mass is 18.2. The number of carboxylic acid groups (broad SMARTS) is 1. The summed E-state index contributed by atoms with van der Waals surface area (Å²) in [6, 6.07) is 2.28. The number of nitro benzene ring substituents is 1. The third-order valence-corrected chi connectivity index (χ3v) is 3.10. The van der Waals surface area contributed by atoms with E-state index < -0.39 is 34.4 Å². The van der Waals surface area contributed by atoms with Crippen LogP contribution in [0, 0.1) is 21.8 Å². The first-order valence-corrected chi connectivity index (χ1v) is 6.14. The van der Waals surface area contributed by atoms with Gasteiger partial charge >= 0.3 is 11.7 Å². The first kappa shape index (κ1) is 16.7. The van der Waals surface area contributed by atoms with E-state index in [-0.39, 0.29) is 18.6 Å². The highest BCUT2D eigenvalue weighted by molar-refractivity contribution is 5.82. The fourth-order valence-corrected chi connectivity index (χ4v) is 1.85. The molecule has 1 rings (SSSR count). The maximum atomic E-state index is 13.5. The van der Waals surface area contributed by atoms with Gasteiger partial charge in [-0.15, -0.1) is 0 Å². The molecule has 21 heavy (non-hydrogen) atoms. The van der Waals surface area contributed by atoms with Crippen LogP contribution in [0.4, 0.5) is 10.1 Å². The van der Waals surface area contributed by atoms with E-state index in [0.717, 1.165) is 12.1 Å². The number of carboxylic acids is 1. The van der Waals surface area contributed by atoms with Gasteiger partial charge in [-0.1, -0.05) is 6.07 Å². The topological polar surface area (TPSA) is 124 Å². The van der Waals surface area contributed by atoms with E-state index in [2.05, 4.69) is 0 Å². The Kier molecular flexibility index (Phi) is 5.48. The van der Waals surface area contributed by atoms with Crippen LogP contribution in [0.3, 0.4) is 0 Å². The van der Waals surface area contributed by atoms with Crippen molar-refractivity contribution in [2.75, 3.05) is 0 Å². The Balaban J connectivity index is 2.90. The van der Waals surface area contributed by atoms with Crippen molar-refractivity contribution in [3.63, 3.8) is 0 Å². The molecule has 0 aliphatic rings. The Hall–Kier alpha value is -2.35. The molecule has 8 heteroatoms. The fraction of sp³-hybridized carbons (Fsp3) is 0.385. The summed E-state index contributed by atoms with van der Waals surface area (Å²) in [4.78, 5) is 31.9. The lowest BCUT2D eigenvalue weighted by Crippen LogP contribution is -2.33. The normalized spacial score (nSPS) is 13.5. The molecule has 0 spiro atoms. The quantitative estimate of drug-likeness (QED) is 0.577. The second-order valence-corrected chi connectivity index (χ2v) is 4.74. The highest BCUT2D eigenvalue weighted by Gasteiger charge is 2.24. The molecule has 0 heterocycles. The Bertz CT molecular complexity index is 576. The van der Waals surface area contributed by atoms with Crippen molar-refractivity contribution in [3.05, 3.63) is 39.7 Å². The van der Waals surface area contributed by atoms with Crippen molar-refractivity contribution in [3.8, 4) is 0 Å². The van der Waals surface area contributed by atoms with Crippen LogP contribution in [0.2, 0.25) is 0 Å². The molecule has 7 nitrogen and oxygen atoms in total. The lowest BCUT2D eigenvalue weighted by Gasteiger charge is -2.15. The molecule has 0 saturated carbocycles. The van der Waals surface area contributed by atoms with Gasteiger partial charge in [0.15, 0.2) is 0 Å². The summed E-state index contributed by atoms with van der Waals surface area (Å²) in [5.74, 6) is -3.50. The molecular weight excluding hydrogens is 282 g/mol. The summed E-state index contributed by atoms with van der Waals surface area (Å²) < 4.78 is 13.5. The summed E-state index contributed by atoms with van der Waals surface area (Å²) in [6.45, 7) is 1.26. The number of benzene rings is 1. The van der Waals surface area contributed by atoms with Gasteiger partial charge in [-0.2, -0.15) is 4.39 Å². The number of ketones is 1. The van der Waals surface area contributed by atoms with Gasteiger partial charge in [-0.3, -0.25) is 19.7 Å². The number of nitrogens with zero attached hydrogens (tertiary/aromatic N) is 1. The number of nitro groups is 1. The third kappa shape index (κ3) is 4.60. The Morgan fingerprint density at radius 2 is 2.10 bits per heavy atom. The molecule has 0 radical (unpaired) electrons. The zero-order valence-electron chi connectivity index (χ0n) is 11.3. The van der Waals surface area contributed by atoms with Crippen molar-refractivity contribution >= 4 is 17.4 Å². The molecule has 0 bridgehead atoms. The molecule has 3 N–H and O–H groups in total. The van der Waals surface area contributed by atoms with Gasteiger partial charge in [-0.25, -0.2) is 0 Å². The van der Waals surface area contributed by atoms with Crippen LogP contribution in [0.5, 0.6) is 0 Å². The zero-order valence-corrected chi connectivity index (χ0v) is 11.3. The zero-order chi connectivity index (χ0) is 16.2. The number of hydrogen-bond acceptors (Lipinski definition) is 5. The Morgan fingerprint density at radius 3 is 2.52 bits per heavy atom. The van der Waals surface area contributed by atoms with E-state index >= 15 is 0 Å². The van der Waals surface area contributed by atoms with Crippen LogP contribution in [0.15, 0.2) is 18.2 Å². The number of halogens is 1. The third-order valence-electron chi connectivity index (χ3n) is 3.10. The van der Waals surface area contributed by atoms with Crippen LogP contribution < -0.4 is 5.73 Å². The van der Waals surface area contributed by atoms with E-state index in [9.17, 15) is 24.1 Å². The summed E-state index contributed by atoms with van der Waals surface area (Å²) in [5, 5.41) is 19.6. The average Bonchev–Trinajstić information content (AvgIpc) is 2.37. The van der Waals surface area contributed by atoms with Crippen molar-refractivity contribution in [1.82, 2.24) is 0 Å². The lowest BCUT2D eigenvalue weighted by molar-refractivity contribution is -0.387. The van der Waals surface area contributed by atoms with E-state index in [1.54, 1.807) is 0 Å². The number of carbonyl (C=O) groups excluding carboxylic acids is 1. The molecule has 0 aliphatic heterocycles. The van der Waals surface area contributed by atoms with E-state index in [1.165, 1.54) is 13.0 Å². The maximum Gasteiger partial charge on any atom is 0.306 e. The number of aliphatic carboxylic acids is 1. The molecule has 0 aliphatic carbocycles. The van der Waals surface area contributed by atoms with E-state index in [1.807, 2.05) is 0 Å². The van der Waals surface area contributed by atoms with Crippen LogP contribution >= 0.6 is 0 Å². The monoisotopic (exact) mass is 297 g/mol. The van der Waals surface area contributed by atoms with E-state index in [0.29, 0.717) is 5.56 Å². The fourth-order valence-electron chi connectivity index (χ4n) is 1.85. The maximum absolute atomic E-state index is 13.5. The van der Waals surface area contributed by atoms with Gasteiger partial charge in [0.1, 0.15) is 5.78 Å². The number of nitrogens with two attached hydrogens (primary N) is 1. The molecule has 1 aromatic carbocycles. The smallest absolute Gasteiger partial charge is 0.306 e. The molecular formula is C13H15FN2O5. The number of Topliss-reactive ketones (excluding diaryl/α,β-unsaturated/α-hetero) is 1. The molecule has 2 unspecified atom stereocenters. The van der Waals surface area contributed by atoms with Gasteiger partial charge in [0.05, 0.1) is 16.9 Å². The molecule has 0 amide bonds. The first-order chi connectivity index (χ1) is 9.72. The van der Waals surface area contributed by atoms with Crippen molar-refractivity contribution in [2.24, 2.45) is 11.7 Å². The van der Waals surface area contributed by atoms with Crippen LogP contribution in [0.25, 0.3) is 0 Å². The summed E-state index contributed by atoms with van der Waals surface area (Å²) in [6.07, 6.45) is -0.144. The van der Waals surface area contributed by atoms with Crippen molar-refractivity contribution in [1.29, 1.82) is 0 Å². The average molecular weight is 297 g/mol. The molecule has 0 fully saturated rings. The lowest BCUT2D eigenvalue weighted by atomic mass is 9.91. The molecule has 1 aromatic rings. The SMILES string of the molecule is CC(=O)C(N)CC(Cc1ccc([N+](=O)[O-])c([18F])c1)C(=O)O. The van der Waals surface area contributed by atoms with E-state index in [4.69, 9.17) is 10.8 Å². The van der Waals surface area contributed by atoms with Gasteiger partial charge in [0.2, 0.25) is 5.82 Å². The second-order valence-electron chi connectivity index (χ2n) is 4.74. The number of hydrogen-bond donors (Lipinski definition) is 2. The minimum atomic E-state index is -1.16. The van der Waals surface area contributed by atoms with Gasteiger partial charge < -0.3 is 10.8 Å². The standard InChI is InChI=1S/C13H15FN2O5/c1-7(17)11(15)6-9(13(18)19)4-8-2-3-12(16(20)21)10(14)5-8/h2-3,5,9,11H,4,6,15H2,1H3,(H,18,19)/i14-1. The predicted octanol–water partition coefficient (Wildman–Crippen LogP) is 1.28. The van der Waals surface area contributed by atoms with Gasteiger partial charge in [0, 0.05) is 6.07 Å². The number of rotatable bonds is 7. The molecule has 2 atom stereocenters. The van der Waals surface area contributed by atoms with Gasteiger partial charge in [0.25, 0.3) is 0 Å². The second kappa shape index (κ2) is 6.89. The highest BCUT2D eigenvalue weighted by Crippen LogP contribution is 2.21. The predicted molar refractivity (Wildman–Crippen MR) is 71.2 cm³/mol. The number of carbonyl (C=O) groups is 2. The van der Waals surface area contributed by atoms with Crippen LogP contribution in [-0.4, -0.2) is 27.8 Å². The Labute approximate surface area is 119 Å². The van der Waals surface area contributed by atoms with Gasteiger partial charge in [-0.05, 0) is 31.4 Å². The van der Waals surface area contributed by atoms with Crippen molar-refractivity contribution < 1.29 is 24.0 Å². The largest absolute Gasteiger partial charge is 0.481 e. The summed E-state index contributed by atoms with van der Waals surface area (Å²) in [7, 11) is 0. The van der Waals surface area contributed by atoms with Crippen LogP contribution in [-0.2, 0) is 16.0 Å².